The second kappa shape index (κ2) is 5.97. The van der Waals surface area contributed by atoms with Gasteiger partial charge >= 0.3 is 0 Å². The van der Waals surface area contributed by atoms with E-state index in [1.807, 2.05) is 47.1 Å². The van der Waals surface area contributed by atoms with E-state index in [9.17, 15) is 0 Å². The summed E-state index contributed by atoms with van der Waals surface area (Å²) in [6.07, 6.45) is 0. The second-order valence-corrected chi connectivity index (χ2v) is 5.45. The predicted molar refractivity (Wildman–Crippen MR) is 94.8 cm³/mol. The van der Waals surface area contributed by atoms with Gasteiger partial charge in [-0.25, -0.2) is 4.68 Å². The molecule has 1 heterocycles. The first-order valence-corrected chi connectivity index (χ1v) is 7.73. The maximum Gasteiger partial charge on any atom is 0.138 e. The molecule has 112 valence electrons. The Balaban J connectivity index is 1.77. The summed E-state index contributed by atoms with van der Waals surface area (Å²) in [7, 11) is 0. The number of aromatic nitrogens is 2. The van der Waals surface area contributed by atoms with Gasteiger partial charge in [0.1, 0.15) is 5.82 Å². The van der Waals surface area contributed by atoms with Crippen molar-refractivity contribution < 1.29 is 0 Å². The Morgan fingerprint density at radius 3 is 2.17 bits per heavy atom. The lowest BCUT2D eigenvalue weighted by molar-refractivity contribution is 0.889. The molecule has 3 heteroatoms. The first-order chi connectivity index (χ1) is 11.4. The van der Waals surface area contributed by atoms with E-state index in [-0.39, 0.29) is 0 Å². The zero-order valence-electron chi connectivity index (χ0n) is 12.7. The zero-order valence-corrected chi connectivity index (χ0v) is 12.7. The van der Waals surface area contributed by atoms with Gasteiger partial charge in [0.2, 0.25) is 0 Å². The molecule has 0 saturated heterocycles. The Labute approximate surface area is 135 Å². The summed E-state index contributed by atoms with van der Waals surface area (Å²) in [6.45, 7) is 0.767. The van der Waals surface area contributed by atoms with Crippen molar-refractivity contribution in [2.45, 2.75) is 6.54 Å². The van der Waals surface area contributed by atoms with Crippen LogP contribution in [-0.4, -0.2) is 9.78 Å². The highest BCUT2D eigenvalue weighted by Gasteiger charge is 2.11. The summed E-state index contributed by atoms with van der Waals surface area (Å²) >= 11 is 0. The van der Waals surface area contributed by atoms with Crippen molar-refractivity contribution in [1.29, 1.82) is 0 Å². The molecule has 0 atom stereocenters. The van der Waals surface area contributed by atoms with Gasteiger partial charge in [0.25, 0.3) is 0 Å². The van der Waals surface area contributed by atoms with Crippen molar-refractivity contribution in [3.63, 3.8) is 0 Å². The van der Waals surface area contributed by atoms with Crippen molar-refractivity contribution in [1.82, 2.24) is 9.78 Å². The first kappa shape index (κ1) is 13.6. The number of rotatable bonds is 4. The molecule has 23 heavy (non-hydrogen) atoms. The molecule has 0 aliphatic carbocycles. The van der Waals surface area contributed by atoms with Gasteiger partial charge in [0.15, 0.2) is 0 Å². The summed E-state index contributed by atoms with van der Waals surface area (Å²) < 4.78 is 1.98. The summed E-state index contributed by atoms with van der Waals surface area (Å²) in [5.74, 6) is 1.02. The van der Waals surface area contributed by atoms with Crippen LogP contribution in [0.3, 0.4) is 0 Å². The first-order valence-electron chi connectivity index (χ1n) is 7.73. The number of nitrogens with zero attached hydrogens (tertiary/aromatic N) is 2. The SMILES string of the molecule is c1ccc(CNc2c3ccccc3nn2-c2ccccc2)cc1. The Kier molecular flexibility index (Phi) is 3.53. The molecule has 1 N–H and O–H groups in total. The van der Waals surface area contributed by atoms with Crippen LogP contribution < -0.4 is 5.32 Å². The molecule has 3 aromatic carbocycles. The van der Waals surface area contributed by atoms with Gasteiger partial charge in [-0.2, -0.15) is 5.10 Å². The monoisotopic (exact) mass is 299 g/mol. The number of para-hydroxylation sites is 1. The van der Waals surface area contributed by atoms with E-state index in [1.54, 1.807) is 0 Å². The lowest BCUT2D eigenvalue weighted by Gasteiger charge is -2.10. The molecule has 3 nitrogen and oxygen atoms in total. The van der Waals surface area contributed by atoms with E-state index in [0.717, 1.165) is 29.0 Å². The van der Waals surface area contributed by atoms with Crippen molar-refractivity contribution in [3.8, 4) is 5.69 Å². The minimum atomic E-state index is 0.767. The third-order valence-electron chi connectivity index (χ3n) is 3.88. The fraction of sp³-hybridized carbons (Fsp3) is 0.0500. The summed E-state index contributed by atoms with van der Waals surface area (Å²) in [4.78, 5) is 0. The molecule has 4 rings (SSSR count). The molecule has 1 aromatic heterocycles. The molecule has 0 radical (unpaired) electrons. The predicted octanol–water partition coefficient (Wildman–Crippen LogP) is 4.64. The van der Waals surface area contributed by atoms with E-state index in [4.69, 9.17) is 5.10 Å². The average molecular weight is 299 g/mol. The Morgan fingerprint density at radius 1 is 0.739 bits per heavy atom. The van der Waals surface area contributed by atoms with E-state index in [1.165, 1.54) is 5.56 Å². The van der Waals surface area contributed by atoms with E-state index >= 15 is 0 Å². The van der Waals surface area contributed by atoms with E-state index in [0.29, 0.717) is 0 Å². The molecule has 0 spiro atoms. The summed E-state index contributed by atoms with van der Waals surface area (Å²) in [5.41, 5.74) is 3.29. The van der Waals surface area contributed by atoms with Gasteiger partial charge in [-0.05, 0) is 29.8 Å². The second-order valence-electron chi connectivity index (χ2n) is 5.45. The van der Waals surface area contributed by atoms with Gasteiger partial charge < -0.3 is 5.32 Å². The van der Waals surface area contributed by atoms with Crippen LogP contribution in [0.5, 0.6) is 0 Å². The molecular weight excluding hydrogens is 282 g/mol. The van der Waals surface area contributed by atoms with Crippen molar-refractivity contribution >= 4 is 16.7 Å². The Bertz CT molecular complexity index is 911. The maximum absolute atomic E-state index is 4.75. The number of benzene rings is 3. The highest BCUT2D eigenvalue weighted by molar-refractivity contribution is 5.91. The number of hydrogen-bond acceptors (Lipinski definition) is 2. The molecular formula is C20H17N3. The van der Waals surface area contributed by atoms with Gasteiger partial charge in [0, 0.05) is 11.9 Å². The third-order valence-corrected chi connectivity index (χ3v) is 3.88. The highest BCUT2D eigenvalue weighted by atomic mass is 15.3. The van der Waals surface area contributed by atoms with Crippen LogP contribution in [0.2, 0.25) is 0 Å². The number of anilines is 1. The number of hydrogen-bond donors (Lipinski definition) is 1. The molecule has 4 aromatic rings. The number of fused-ring (bicyclic) bond motifs is 1. The fourth-order valence-electron chi connectivity index (χ4n) is 2.74. The molecule has 0 saturated carbocycles. The standard InChI is InChI=1S/C20H17N3/c1-3-9-16(10-4-1)15-21-20-18-13-7-8-14-19(18)22-23(20)17-11-5-2-6-12-17/h1-14,21H,15H2. The minimum absolute atomic E-state index is 0.767. The van der Waals surface area contributed by atoms with Gasteiger partial charge in [-0.3, -0.25) is 0 Å². The molecule has 0 amide bonds. The molecule has 0 fully saturated rings. The van der Waals surface area contributed by atoms with Crippen LogP contribution in [0.15, 0.2) is 84.9 Å². The Hall–Kier alpha value is -3.07. The zero-order chi connectivity index (χ0) is 15.5. The molecule has 0 bridgehead atoms. The average Bonchev–Trinajstić information content (AvgIpc) is 3.00. The van der Waals surface area contributed by atoms with Gasteiger partial charge in [-0.1, -0.05) is 60.7 Å². The summed E-state index contributed by atoms with van der Waals surface area (Å²) in [6, 6.07) is 28.8. The van der Waals surface area contributed by atoms with Crippen molar-refractivity contribution in [3.05, 3.63) is 90.5 Å². The molecule has 0 aliphatic rings. The largest absolute Gasteiger partial charge is 0.365 e. The number of nitrogens with one attached hydrogen (secondary N) is 1. The lowest BCUT2D eigenvalue weighted by Crippen LogP contribution is -2.06. The van der Waals surface area contributed by atoms with Crippen LogP contribution in [0.1, 0.15) is 5.56 Å². The molecule has 0 aliphatic heterocycles. The van der Waals surface area contributed by atoms with Crippen LogP contribution >= 0.6 is 0 Å². The van der Waals surface area contributed by atoms with Crippen LogP contribution in [0.4, 0.5) is 5.82 Å². The highest BCUT2D eigenvalue weighted by Crippen LogP contribution is 2.26. The van der Waals surface area contributed by atoms with E-state index < -0.39 is 0 Å². The van der Waals surface area contributed by atoms with Crippen LogP contribution in [-0.2, 0) is 6.54 Å². The third kappa shape index (κ3) is 2.69. The molecule has 0 unspecified atom stereocenters. The van der Waals surface area contributed by atoms with E-state index in [2.05, 4.69) is 47.8 Å². The Morgan fingerprint density at radius 2 is 1.39 bits per heavy atom. The van der Waals surface area contributed by atoms with Crippen LogP contribution in [0.25, 0.3) is 16.6 Å². The smallest absolute Gasteiger partial charge is 0.138 e. The van der Waals surface area contributed by atoms with Crippen molar-refractivity contribution in [2.24, 2.45) is 0 Å². The normalized spacial score (nSPS) is 10.8. The summed E-state index contributed by atoms with van der Waals surface area (Å²) in [5, 5.41) is 9.43. The topological polar surface area (TPSA) is 29.9 Å². The van der Waals surface area contributed by atoms with Gasteiger partial charge in [-0.15, -0.1) is 0 Å². The quantitative estimate of drug-likeness (QED) is 0.595. The van der Waals surface area contributed by atoms with Crippen LogP contribution in [0, 0.1) is 0 Å². The van der Waals surface area contributed by atoms with Crippen molar-refractivity contribution in [2.75, 3.05) is 5.32 Å². The van der Waals surface area contributed by atoms with Gasteiger partial charge in [0.05, 0.1) is 11.2 Å². The maximum atomic E-state index is 4.75. The minimum Gasteiger partial charge on any atom is -0.365 e. The fourth-order valence-corrected chi connectivity index (χ4v) is 2.74. The lowest BCUT2D eigenvalue weighted by atomic mass is 10.2.